The lowest BCUT2D eigenvalue weighted by Gasteiger charge is -2.10. The van der Waals surface area contributed by atoms with Crippen molar-refractivity contribution in [1.29, 1.82) is 0 Å². The van der Waals surface area contributed by atoms with E-state index >= 15 is 0 Å². The number of nitrogens with one attached hydrogen (secondary N) is 1. The van der Waals surface area contributed by atoms with Gasteiger partial charge in [-0.2, -0.15) is 13.2 Å². The Kier molecular flexibility index (Phi) is 4.60. The summed E-state index contributed by atoms with van der Waals surface area (Å²) < 4.78 is 42.3. The third kappa shape index (κ3) is 4.52. The van der Waals surface area contributed by atoms with Crippen LogP contribution in [0, 0.1) is 0 Å². The first-order valence-electron chi connectivity index (χ1n) is 4.83. The molecule has 0 bridgehead atoms. The van der Waals surface area contributed by atoms with Crippen molar-refractivity contribution in [3.8, 4) is 0 Å². The van der Waals surface area contributed by atoms with Crippen LogP contribution in [0.25, 0.3) is 0 Å². The minimum atomic E-state index is -4.14. The zero-order chi connectivity index (χ0) is 12.0. The zero-order valence-electron chi connectivity index (χ0n) is 8.92. The Morgan fingerprint density at radius 2 is 2.25 bits per heavy atom. The fourth-order valence-electron chi connectivity index (χ4n) is 1.16. The minimum absolute atomic E-state index is 0.173. The number of methoxy groups -OCH3 is 1. The largest absolute Gasteiger partial charge is 0.390 e. The Labute approximate surface area is 91.4 Å². The number of rotatable bonds is 6. The number of anilines is 1. The molecule has 0 radical (unpaired) electrons. The number of halogens is 3. The zero-order valence-corrected chi connectivity index (χ0v) is 8.92. The molecule has 7 heteroatoms. The third-order valence-corrected chi connectivity index (χ3v) is 1.94. The highest BCUT2D eigenvalue weighted by molar-refractivity contribution is 5.25. The standard InChI is InChI=1S/C9H14F3N3O/c1-16-7-6-15-5-4-14-8(15)13-3-2-9(10,11)12/h4-5H,2-3,6-7H2,1H3,(H,13,14). The molecule has 0 saturated carbocycles. The summed E-state index contributed by atoms with van der Waals surface area (Å²) in [5.74, 6) is 0.432. The highest BCUT2D eigenvalue weighted by Gasteiger charge is 2.26. The van der Waals surface area contributed by atoms with Gasteiger partial charge in [-0.05, 0) is 0 Å². The van der Waals surface area contributed by atoms with Gasteiger partial charge in [0.25, 0.3) is 0 Å². The van der Waals surface area contributed by atoms with Crippen molar-refractivity contribution in [3.63, 3.8) is 0 Å². The summed E-state index contributed by atoms with van der Waals surface area (Å²) in [6.07, 6.45) is -1.79. The van der Waals surface area contributed by atoms with E-state index in [1.54, 1.807) is 17.9 Å². The van der Waals surface area contributed by atoms with Crippen LogP contribution >= 0.6 is 0 Å². The van der Waals surface area contributed by atoms with Gasteiger partial charge < -0.3 is 14.6 Å². The molecule has 4 nitrogen and oxygen atoms in total. The molecule has 0 amide bonds. The smallest absolute Gasteiger partial charge is 0.383 e. The molecule has 1 rings (SSSR count). The maximum atomic E-state index is 11.9. The molecule has 0 aromatic carbocycles. The molecular formula is C9H14F3N3O. The van der Waals surface area contributed by atoms with E-state index in [9.17, 15) is 13.2 Å². The number of nitrogens with zero attached hydrogens (tertiary/aromatic N) is 2. The second kappa shape index (κ2) is 5.74. The highest BCUT2D eigenvalue weighted by Crippen LogP contribution is 2.19. The van der Waals surface area contributed by atoms with Crippen LogP contribution in [0.1, 0.15) is 6.42 Å². The van der Waals surface area contributed by atoms with Gasteiger partial charge in [0.15, 0.2) is 0 Å². The number of hydrogen-bond acceptors (Lipinski definition) is 3. The van der Waals surface area contributed by atoms with E-state index in [0.717, 1.165) is 0 Å². The summed E-state index contributed by atoms with van der Waals surface area (Å²) in [5, 5.41) is 2.63. The number of ether oxygens (including phenoxy) is 1. The molecule has 92 valence electrons. The molecule has 0 aliphatic rings. The van der Waals surface area contributed by atoms with Gasteiger partial charge >= 0.3 is 6.18 Å². The van der Waals surface area contributed by atoms with Crippen LogP contribution in [-0.4, -0.2) is 36.0 Å². The topological polar surface area (TPSA) is 39.1 Å². The molecule has 1 heterocycles. The summed E-state index contributed by atoms with van der Waals surface area (Å²) in [6, 6.07) is 0. The van der Waals surface area contributed by atoms with E-state index in [-0.39, 0.29) is 6.54 Å². The van der Waals surface area contributed by atoms with Gasteiger partial charge in [0, 0.05) is 32.6 Å². The van der Waals surface area contributed by atoms with Crippen LogP contribution in [0.5, 0.6) is 0 Å². The summed E-state index contributed by atoms with van der Waals surface area (Å²) in [4.78, 5) is 3.92. The van der Waals surface area contributed by atoms with Crippen LogP contribution < -0.4 is 5.32 Å². The lowest BCUT2D eigenvalue weighted by atomic mass is 10.4. The van der Waals surface area contributed by atoms with Crippen molar-refractivity contribution in [2.45, 2.75) is 19.1 Å². The molecule has 0 unspecified atom stereocenters. The van der Waals surface area contributed by atoms with E-state index in [0.29, 0.717) is 19.1 Å². The van der Waals surface area contributed by atoms with Crippen molar-refractivity contribution in [1.82, 2.24) is 9.55 Å². The normalized spacial score (nSPS) is 11.8. The average molecular weight is 237 g/mol. The Balaban J connectivity index is 2.38. The van der Waals surface area contributed by atoms with E-state index in [1.165, 1.54) is 6.20 Å². The van der Waals surface area contributed by atoms with Crippen molar-refractivity contribution in [2.75, 3.05) is 25.6 Å². The van der Waals surface area contributed by atoms with E-state index in [2.05, 4.69) is 10.3 Å². The molecule has 0 atom stereocenters. The van der Waals surface area contributed by atoms with Gasteiger partial charge in [-0.25, -0.2) is 4.98 Å². The molecule has 0 saturated heterocycles. The van der Waals surface area contributed by atoms with Gasteiger partial charge in [-0.3, -0.25) is 0 Å². The summed E-state index contributed by atoms with van der Waals surface area (Å²) in [6.45, 7) is 0.878. The first kappa shape index (κ1) is 12.8. The quantitative estimate of drug-likeness (QED) is 0.821. The summed E-state index contributed by atoms with van der Waals surface area (Å²) >= 11 is 0. The minimum Gasteiger partial charge on any atom is -0.383 e. The number of aromatic nitrogens is 2. The summed E-state index contributed by atoms with van der Waals surface area (Å²) in [5.41, 5.74) is 0. The number of alkyl halides is 3. The van der Waals surface area contributed by atoms with Gasteiger partial charge in [0.2, 0.25) is 5.95 Å². The van der Waals surface area contributed by atoms with Crippen molar-refractivity contribution < 1.29 is 17.9 Å². The maximum absolute atomic E-state index is 11.9. The predicted octanol–water partition coefficient (Wildman–Crippen LogP) is 1.89. The molecule has 0 aliphatic heterocycles. The van der Waals surface area contributed by atoms with E-state index in [1.807, 2.05) is 0 Å². The van der Waals surface area contributed by atoms with Crippen molar-refractivity contribution >= 4 is 5.95 Å². The van der Waals surface area contributed by atoms with Gasteiger partial charge in [0.05, 0.1) is 13.0 Å². The number of hydrogen-bond donors (Lipinski definition) is 1. The molecule has 1 aromatic rings. The van der Waals surface area contributed by atoms with Crippen LogP contribution in [0.15, 0.2) is 12.4 Å². The number of imidazole rings is 1. The second-order valence-electron chi connectivity index (χ2n) is 3.23. The molecule has 0 aliphatic carbocycles. The first-order valence-corrected chi connectivity index (χ1v) is 4.83. The van der Waals surface area contributed by atoms with Gasteiger partial charge in [-0.15, -0.1) is 0 Å². The Bertz CT molecular complexity index is 311. The van der Waals surface area contributed by atoms with Crippen LogP contribution in [0.4, 0.5) is 19.1 Å². The molecule has 1 aromatic heterocycles. The van der Waals surface area contributed by atoms with E-state index in [4.69, 9.17) is 4.74 Å². The lowest BCUT2D eigenvalue weighted by molar-refractivity contribution is -0.131. The summed E-state index contributed by atoms with van der Waals surface area (Å²) in [7, 11) is 1.56. The average Bonchev–Trinajstić information content (AvgIpc) is 2.60. The maximum Gasteiger partial charge on any atom is 0.390 e. The molecule has 16 heavy (non-hydrogen) atoms. The SMILES string of the molecule is COCCn1ccnc1NCCC(F)(F)F. The fourth-order valence-corrected chi connectivity index (χ4v) is 1.16. The van der Waals surface area contributed by atoms with Crippen LogP contribution in [-0.2, 0) is 11.3 Å². The fraction of sp³-hybridized carbons (Fsp3) is 0.667. The van der Waals surface area contributed by atoms with Crippen LogP contribution in [0.2, 0.25) is 0 Å². The second-order valence-corrected chi connectivity index (χ2v) is 3.23. The van der Waals surface area contributed by atoms with Crippen molar-refractivity contribution in [3.05, 3.63) is 12.4 Å². The molecule has 0 fully saturated rings. The highest BCUT2D eigenvalue weighted by atomic mass is 19.4. The van der Waals surface area contributed by atoms with Crippen LogP contribution in [0.3, 0.4) is 0 Å². The Morgan fingerprint density at radius 1 is 1.50 bits per heavy atom. The molecular weight excluding hydrogens is 223 g/mol. The third-order valence-electron chi connectivity index (χ3n) is 1.94. The Morgan fingerprint density at radius 3 is 2.88 bits per heavy atom. The molecule has 1 N–H and O–H groups in total. The van der Waals surface area contributed by atoms with Crippen molar-refractivity contribution in [2.24, 2.45) is 0 Å². The monoisotopic (exact) mass is 237 g/mol. The van der Waals surface area contributed by atoms with E-state index < -0.39 is 12.6 Å². The predicted molar refractivity (Wildman–Crippen MR) is 53.3 cm³/mol. The molecule has 0 spiro atoms. The Hall–Kier alpha value is -1.24. The van der Waals surface area contributed by atoms with Gasteiger partial charge in [-0.1, -0.05) is 0 Å². The lowest BCUT2D eigenvalue weighted by Crippen LogP contribution is -2.17. The van der Waals surface area contributed by atoms with Gasteiger partial charge in [0.1, 0.15) is 0 Å². The first-order chi connectivity index (χ1) is 7.53.